The molecule has 1 aromatic rings. The normalized spacial score (nSPS) is 10.9. The van der Waals surface area contributed by atoms with Crippen LogP contribution in [0.2, 0.25) is 0 Å². The summed E-state index contributed by atoms with van der Waals surface area (Å²) in [5.74, 6) is 0.0400. The highest BCUT2D eigenvalue weighted by molar-refractivity contribution is 5.93. The molecule has 5 nitrogen and oxygen atoms in total. The number of hydrogen-bond donors (Lipinski definition) is 2. The summed E-state index contributed by atoms with van der Waals surface area (Å²) in [6.45, 7) is 6.42. The summed E-state index contributed by atoms with van der Waals surface area (Å²) < 4.78 is 10.9. The van der Waals surface area contributed by atoms with Crippen LogP contribution in [0, 0.1) is 5.92 Å². The lowest BCUT2D eigenvalue weighted by molar-refractivity contribution is 0.0316. The van der Waals surface area contributed by atoms with Crippen molar-refractivity contribution in [3.05, 3.63) is 29.3 Å². The number of hydrogen-bond acceptors (Lipinski definition) is 4. The number of ether oxygens (including phenoxy) is 2. The molecule has 4 N–H and O–H groups in total. The van der Waals surface area contributed by atoms with Gasteiger partial charge in [-0.25, -0.2) is 0 Å². The van der Waals surface area contributed by atoms with E-state index in [0.29, 0.717) is 37.0 Å². The van der Waals surface area contributed by atoms with Gasteiger partial charge in [-0.3, -0.25) is 4.79 Å². The molecule has 0 saturated heterocycles. The van der Waals surface area contributed by atoms with Crippen molar-refractivity contribution in [3.63, 3.8) is 0 Å². The average molecular weight is 266 g/mol. The van der Waals surface area contributed by atoms with E-state index in [1.165, 1.54) is 0 Å². The molecular weight excluding hydrogens is 244 g/mol. The maximum atomic E-state index is 11.0. The van der Waals surface area contributed by atoms with Gasteiger partial charge < -0.3 is 20.9 Å². The van der Waals surface area contributed by atoms with Crippen LogP contribution in [0.25, 0.3) is 0 Å². The Labute approximate surface area is 113 Å². The highest BCUT2D eigenvalue weighted by Crippen LogP contribution is 2.15. The van der Waals surface area contributed by atoms with Crippen LogP contribution >= 0.6 is 0 Å². The van der Waals surface area contributed by atoms with Gasteiger partial charge in [0.05, 0.1) is 19.8 Å². The Morgan fingerprint density at radius 2 is 1.95 bits per heavy atom. The molecule has 19 heavy (non-hydrogen) atoms. The van der Waals surface area contributed by atoms with Crippen LogP contribution in [0.1, 0.15) is 29.8 Å². The Bertz CT molecular complexity index is 419. The van der Waals surface area contributed by atoms with E-state index in [9.17, 15) is 4.79 Å². The van der Waals surface area contributed by atoms with Crippen molar-refractivity contribution in [3.8, 4) is 0 Å². The van der Waals surface area contributed by atoms with E-state index in [4.69, 9.17) is 20.9 Å². The van der Waals surface area contributed by atoms with Gasteiger partial charge in [0.1, 0.15) is 0 Å². The molecule has 0 atom stereocenters. The molecule has 0 fully saturated rings. The van der Waals surface area contributed by atoms with Crippen molar-refractivity contribution in [2.24, 2.45) is 11.7 Å². The summed E-state index contributed by atoms with van der Waals surface area (Å²) in [6, 6.07) is 4.97. The lowest BCUT2D eigenvalue weighted by Gasteiger charge is -2.09. The fourth-order valence-corrected chi connectivity index (χ4v) is 1.50. The third-order valence-corrected chi connectivity index (χ3v) is 2.51. The Balaban J connectivity index is 2.32. The molecule has 0 radical (unpaired) electrons. The molecule has 0 aliphatic heterocycles. The summed E-state index contributed by atoms with van der Waals surface area (Å²) in [4.78, 5) is 11.0. The molecule has 1 amide bonds. The number of primary amides is 1. The zero-order valence-corrected chi connectivity index (χ0v) is 11.5. The number of nitrogen functional groups attached to an aromatic ring is 1. The Morgan fingerprint density at radius 3 is 2.53 bits per heavy atom. The zero-order chi connectivity index (χ0) is 14.3. The van der Waals surface area contributed by atoms with Gasteiger partial charge in [0.15, 0.2) is 0 Å². The monoisotopic (exact) mass is 266 g/mol. The van der Waals surface area contributed by atoms with Crippen molar-refractivity contribution >= 4 is 11.6 Å². The molecule has 1 rings (SSSR count). The number of carbonyl (C=O) groups is 1. The summed E-state index contributed by atoms with van der Waals surface area (Å²) >= 11 is 0. The number of anilines is 1. The van der Waals surface area contributed by atoms with E-state index >= 15 is 0 Å². The number of nitrogens with two attached hydrogens (primary N) is 2. The van der Waals surface area contributed by atoms with E-state index in [1.807, 2.05) is 0 Å². The van der Waals surface area contributed by atoms with Gasteiger partial charge in [-0.05, 0) is 18.1 Å². The molecular formula is C14H22N2O3. The fourth-order valence-electron chi connectivity index (χ4n) is 1.50. The van der Waals surface area contributed by atoms with Gasteiger partial charge in [0.25, 0.3) is 0 Å². The van der Waals surface area contributed by atoms with Crippen LogP contribution in [0.15, 0.2) is 18.2 Å². The molecule has 0 unspecified atom stereocenters. The molecule has 0 saturated carbocycles. The smallest absolute Gasteiger partial charge is 0.248 e. The van der Waals surface area contributed by atoms with Gasteiger partial charge in [-0.2, -0.15) is 0 Å². The highest BCUT2D eigenvalue weighted by Gasteiger charge is 2.05. The van der Waals surface area contributed by atoms with E-state index in [2.05, 4.69) is 13.8 Å². The van der Waals surface area contributed by atoms with Crippen LogP contribution in [-0.2, 0) is 16.1 Å². The number of amides is 1. The minimum absolute atomic E-state index is 0.399. The predicted octanol–water partition coefficient (Wildman–Crippen LogP) is 1.56. The molecule has 106 valence electrons. The van der Waals surface area contributed by atoms with E-state index in [-0.39, 0.29) is 0 Å². The summed E-state index contributed by atoms with van der Waals surface area (Å²) in [5.41, 5.74) is 12.7. The van der Waals surface area contributed by atoms with Crippen molar-refractivity contribution in [2.75, 3.05) is 25.6 Å². The minimum atomic E-state index is -0.485. The van der Waals surface area contributed by atoms with E-state index in [1.54, 1.807) is 18.2 Å². The number of benzene rings is 1. The van der Waals surface area contributed by atoms with Crippen LogP contribution in [0.5, 0.6) is 0 Å². The van der Waals surface area contributed by atoms with Gasteiger partial charge in [0.2, 0.25) is 5.91 Å². The zero-order valence-electron chi connectivity index (χ0n) is 11.5. The summed E-state index contributed by atoms with van der Waals surface area (Å²) in [6.07, 6.45) is 0. The van der Waals surface area contributed by atoms with Crippen molar-refractivity contribution in [2.45, 2.75) is 20.5 Å². The maximum absolute atomic E-state index is 11.0. The van der Waals surface area contributed by atoms with Gasteiger partial charge in [0, 0.05) is 23.4 Å². The third kappa shape index (κ3) is 5.72. The van der Waals surface area contributed by atoms with Gasteiger partial charge >= 0.3 is 0 Å². The Morgan fingerprint density at radius 1 is 1.26 bits per heavy atom. The lowest BCUT2D eigenvalue weighted by atomic mass is 10.1. The topological polar surface area (TPSA) is 87.6 Å². The second-order valence-electron chi connectivity index (χ2n) is 4.80. The highest BCUT2D eigenvalue weighted by atomic mass is 16.5. The van der Waals surface area contributed by atoms with Crippen LogP contribution in [0.4, 0.5) is 5.69 Å². The lowest BCUT2D eigenvalue weighted by Crippen LogP contribution is -2.12. The first kappa shape index (κ1) is 15.5. The molecule has 0 aliphatic carbocycles. The number of carbonyl (C=O) groups excluding carboxylic acids is 1. The van der Waals surface area contributed by atoms with Gasteiger partial charge in [-0.15, -0.1) is 0 Å². The van der Waals surface area contributed by atoms with Crippen LogP contribution in [-0.4, -0.2) is 25.7 Å². The molecule has 0 aromatic heterocycles. The minimum Gasteiger partial charge on any atom is -0.398 e. The third-order valence-electron chi connectivity index (χ3n) is 2.51. The van der Waals surface area contributed by atoms with Crippen LogP contribution < -0.4 is 11.5 Å². The Hall–Kier alpha value is -1.59. The quantitative estimate of drug-likeness (QED) is 0.552. The van der Waals surface area contributed by atoms with Crippen molar-refractivity contribution in [1.29, 1.82) is 0 Å². The first-order chi connectivity index (χ1) is 9.00. The molecule has 1 aromatic carbocycles. The van der Waals surface area contributed by atoms with Crippen LogP contribution in [0.3, 0.4) is 0 Å². The fraction of sp³-hybridized carbons (Fsp3) is 0.500. The van der Waals surface area contributed by atoms with E-state index in [0.717, 1.165) is 12.2 Å². The average Bonchev–Trinajstić information content (AvgIpc) is 2.34. The number of rotatable bonds is 8. The molecule has 0 bridgehead atoms. The molecule has 5 heteroatoms. The molecule has 0 heterocycles. The van der Waals surface area contributed by atoms with Crippen molar-refractivity contribution < 1.29 is 14.3 Å². The predicted molar refractivity (Wildman–Crippen MR) is 74.7 cm³/mol. The largest absolute Gasteiger partial charge is 0.398 e. The summed E-state index contributed by atoms with van der Waals surface area (Å²) in [7, 11) is 0. The molecule has 0 spiro atoms. The van der Waals surface area contributed by atoms with E-state index < -0.39 is 5.91 Å². The van der Waals surface area contributed by atoms with Gasteiger partial charge in [-0.1, -0.05) is 19.9 Å². The standard InChI is InChI=1S/C14H22N2O3/c1-10(2)8-18-5-6-19-9-12-4-3-11(14(16)17)7-13(12)15/h3-4,7,10H,5-6,8-9,15H2,1-2H3,(H2,16,17). The summed E-state index contributed by atoms with van der Waals surface area (Å²) in [5, 5.41) is 0. The molecule has 0 aliphatic rings. The second-order valence-corrected chi connectivity index (χ2v) is 4.80. The second kappa shape index (κ2) is 7.76. The SMILES string of the molecule is CC(C)COCCOCc1ccc(C(N)=O)cc1N. The first-order valence-electron chi connectivity index (χ1n) is 6.34. The van der Waals surface area contributed by atoms with Crippen molar-refractivity contribution in [1.82, 2.24) is 0 Å². The maximum Gasteiger partial charge on any atom is 0.248 e. The Kier molecular flexibility index (Phi) is 6.32. The first-order valence-corrected chi connectivity index (χ1v) is 6.34.